The summed E-state index contributed by atoms with van der Waals surface area (Å²) >= 11 is 9.31. The lowest BCUT2D eigenvalue weighted by Gasteiger charge is -2.11. The Morgan fingerprint density at radius 1 is 1.23 bits per heavy atom. The second kappa shape index (κ2) is 8.86. The minimum atomic E-state index is -0.496. The number of methoxy groups -OCH3 is 2. The highest BCUT2D eigenvalue weighted by Gasteiger charge is 2.19. The van der Waals surface area contributed by atoms with Crippen molar-refractivity contribution in [3.8, 4) is 11.5 Å². The van der Waals surface area contributed by atoms with E-state index in [1.165, 1.54) is 26.4 Å². The normalized spacial score (nSPS) is 10.3. The number of hydrogen-bond acceptors (Lipinski definition) is 5. The molecule has 9 heteroatoms. The number of rotatable bonds is 7. The van der Waals surface area contributed by atoms with Gasteiger partial charge in [0.2, 0.25) is 0 Å². The number of carbonyl (C=O) groups excluding carboxylic acids is 1. The molecule has 0 aliphatic heterocycles. The van der Waals surface area contributed by atoms with E-state index in [2.05, 4.69) is 21.2 Å². The highest BCUT2D eigenvalue weighted by molar-refractivity contribution is 9.10. The van der Waals surface area contributed by atoms with Gasteiger partial charge in [0.1, 0.15) is 0 Å². The summed E-state index contributed by atoms with van der Waals surface area (Å²) in [6, 6.07) is 7.79. The van der Waals surface area contributed by atoms with Crippen LogP contribution in [0.1, 0.15) is 15.9 Å². The molecule has 0 saturated heterocycles. The topological polar surface area (TPSA) is 90.7 Å². The predicted octanol–water partition coefficient (Wildman–Crippen LogP) is 4.00. The van der Waals surface area contributed by atoms with Crippen LogP contribution in [0.15, 0.2) is 34.8 Å². The molecule has 0 aliphatic rings. The first-order valence-corrected chi connectivity index (χ1v) is 8.67. The number of ether oxygens (including phenoxy) is 2. The van der Waals surface area contributed by atoms with Crippen LogP contribution >= 0.6 is 27.5 Å². The van der Waals surface area contributed by atoms with Gasteiger partial charge in [-0.05, 0) is 30.7 Å². The molecule has 0 radical (unpaired) electrons. The zero-order valence-corrected chi connectivity index (χ0v) is 16.4. The molecule has 1 N–H and O–H groups in total. The van der Waals surface area contributed by atoms with Crippen LogP contribution in [-0.2, 0) is 6.42 Å². The van der Waals surface area contributed by atoms with Crippen LogP contribution in [0, 0.1) is 10.1 Å². The van der Waals surface area contributed by atoms with Gasteiger partial charge in [0, 0.05) is 16.6 Å². The zero-order chi connectivity index (χ0) is 19.3. The lowest BCUT2D eigenvalue weighted by molar-refractivity contribution is -0.385. The van der Waals surface area contributed by atoms with Crippen molar-refractivity contribution in [1.29, 1.82) is 0 Å². The monoisotopic (exact) mass is 442 g/mol. The summed E-state index contributed by atoms with van der Waals surface area (Å²) in [5.74, 6) is 0.293. The largest absolute Gasteiger partial charge is 0.493 e. The van der Waals surface area contributed by atoms with E-state index in [4.69, 9.17) is 21.1 Å². The number of nitrogens with one attached hydrogen (secondary N) is 1. The van der Waals surface area contributed by atoms with Crippen molar-refractivity contribution in [2.75, 3.05) is 20.8 Å². The summed E-state index contributed by atoms with van der Waals surface area (Å²) in [7, 11) is 2.85. The van der Waals surface area contributed by atoms with Crippen LogP contribution in [0.3, 0.4) is 0 Å². The van der Waals surface area contributed by atoms with E-state index >= 15 is 0 Å². The highest BCUT2D eigenvalue weighted by atomic mass is 79.9. The number of nitrogens with zero attached hydrogens (tertiary/aromatic N) is 1. The van der Waals surface area contributed by atoms with Gasteiger partial charge in [-0.25, -0.2) is 0 Å². The number of halogens is 2. The van der Waals surface area contributed by atoms with E-state index in [1.54, 1.807) is 18.2 Å². The molecule has 0 atom stereocenters. The molecule has 0 saturated carbocycles. The summed E-state index contributed by atoms with van der Waals surface area (Å²) in [5, 5.41) is 14.3. The molecule has 0 aromatic heterocycles. The third-order valence-corrected chi connectivity index (χ3v) is 4.46. The molecule has 2 aromatic carbocycles. The molecule has 0 bridgehead atoms. The fourth-order valence-corrected chi connectivity index (χ4v) is 2.92. The van der Waals surface area contributed by atoms with Gasteiger partial charge in [0.25, 0.3) is 11.6 Å². The van der Waals surface area contributed by atoms with Crippen LogP contribution in [0.5, 0.6) is 11.5 Å². The fraction of sp³-hybridized carbons (Fsp3) is 0.235. The van der Waals surface area contributed by atoms with Crippen molar-refractivity contribution in [2.45, 2.75) is 6.42 Å². The first kappa shape index (κ1) is 20.0. The van der Waals surface area contributed by atoms with Gasteiger partial charge in [-0.3, -0.25) is 14.9 Å². The Balaban J connectivity index is 2.15. The fourth-order valence-electron chi connectivity index (χ4n) is 2.36. The highest BCUT2D eigenvalue weighted by Crippen LogP contribution is 2.34. The standard InChI is InChI=1S/C17H16BrClN2O5/c1-25-15-7-10(14(21(23)24)9-16(15)26-2)5-6-20-17(22)12-8-11(18)3-4-13(12)19/h3-4,7-9H,5-6H2,1-2H3,(H,20,22). The summed E-state index contributed by atoms with van der Waals surface area (Å²) in [6.07, 6.45) is 0.244. The third kappa shape index (κ3) is 4.64. The van der Waals surface area contributed by atoms with Crippen LogP contribution in [-0.4, -0.2) is 31.6 Å². The Morgan fingerprint density at radius 3 is 2.50 bits per heavy atom. The number of amides is 1. The number of nitro groups is 1. The van der Waals surface area contributed by atoms with E-state index < -0.39 is 4.92 Å². The van der Waals surface area contributed by atoms with Crippen LogP contribution in [0.2, 0.25) is 5.02 Å². The minimum absolute atomic E-state index is 0.0996. The lowest BCUT2D eigenvalue weighted by Crippen LogP contribution is -2.26. The van der Waals surface area contributed by atoms with E-state index in [-0.39, 0.29) is 30.3 Å². The van der Waals surface area contributed by atoms with Crippen molar-refractivity contribution >= 4 is 39.1 Å². The average Bonchev–Trinajstić information content (AvgIpc) is 2.62. The van der Waals surface area contributed by atoms with Gasteiger partial charge in [-0.15, -0.1) is 0 Å². The Kier molecular flexibility index (Phi) is 6.82. The molecule has 2 aromatic rings. The van der Waals surface area contributed by atoms with Gasteiger partial charge >= 0.3 is 0 Å². The number of benzene rings is 2. The summed E-state index contributed by atoms with van der Waals surface area (Å²) < 4.78 is 11.0. The Morgan fingerprint density at radius 2 is 1.88 bits per heavy atom. The van der Waals surface area contributed by atoms with Crippen molar-refractivity contribution in [3.63, 3.8) is 0 Å². The van der Waals surface area contributed by atoms with Gasteiger partial charge in [0.05, 0.1) is 35.8 Å². The molecule has 1 amide bonds. The first-order chi connectivity index (χ1) is 12.4. The zero-order valence-electron chi connectivity index (χ0n) is 14.0. The summed E-state index contributed by atoms with van der Waals surface area (Å²) in [5.41, 5.74) is 0.647. The van der Waals surface area contributed by atoms with Crippen LogP contribution in [0.25, 0.3) is 0 Å². The van der Waals surface area contributed by atoms with Crippen LogP contribution in [0.4, 0.5) is 5.69 Å². The summed E-state index contributed by atoms with van der Waals surface area (Å²) in [4.78, 5) is 23.0. The predicted molar refractivity (Wildman–Crippen MR) is 101 cm³/mol. The molecular weight excluding hydrogens is 428 g/mol. The molecule has 0 heterocycles. The molecule has 7 nitrogen and oxygen atoms in total. The maximum atomic E-state index is 12.3. The van der Waals surface area contributed by atoms with Crippen molar-refractivity contribution < 1.29 is 19.2 Å². The molecule has 0 spiro atoms. The first-order valence-electron chi connectivity index (χ1n) is 7.50. The van der Waals surface area contributed by atoms with Crippen molar-refractivity contribution in [1.82, 2.24) is 5.32 Å². The average molecular weight is 444 g/mol. The van der Waals surface area contributed by atoms with E-state index in [0.29, 0.717) is 21.9 Å². The molecule has 2 rings (SSSR count). The maximum Gasteiger partial charge on any atom is 0.276 e. The smallest absolute Gasteiger partial charge is 0.276 e. The molecule has 138 valence electrons. The van der Waals surface area contributed by atoms with E-state index in [0.717, 1.165) is 4.47 Å². The molecule has 0 fully saturated rings. The Labute approximate surface area is 163 Å². The number of hydrogen-bond donors (Lipinski definition) is 1. The van der Waals surface area contributed by atoms with Crippen molar-refractivity contribution in [2.24, 2.45) is 0 Å². The van der Waals surface area contributed by atoms with Gasteiger partial charge < -0.3 is 14.8 Å². The molecule has 0 unspecified atom stereocenters. The van der Waals surface area contributed by atoms with Gasteiger partial charge in [-0.1, -0.05) is 27.5 Å². The second-order valence-corrected chi connectivity index (χ2v) is 6.55. The molecule has 26 heavy (non-hydrogen) atoms. The SMILES string of the molecule is COc1cc(CCNC(=O)c2cc(Br)ccc2Cl)c([N+](=O)[O-])cc1OC. The number of carbonyl (C=O) groups is 1. The Bertz CT molecular complexity index is 844. The quantitative estimate of drug-likeness (QED) is 0.516. The molecule has 0 aliphatic carbocycles. The minimum Gasteiger partial charge on any atom is -0.493 e. The van der Waals surface area contributed by atoms with E-state index in [9.17, 15) is 14.9 Å². The lowest BCUT2D eigenvalue weighted by atomic mass is 10.1. The van der Waals surface area contributed by atoms with Crippen LogP contribution < -0.4 is 14.8 Å². The summed E-state index contributed by atoms with van der Waals surface area (Å²) in [6.45, 7) is 0.192. The van der Waals surface area contributed by atoms with Crippen molar-refractivity contribution in [3.05, 3.63) is 61.1 Å². The maximum absolute atomic E-state index is 12.3. The Hall–Kier alpha value is -2.32. The number of nitro benzene ring substituents is 1. The molecular formula is C17H16BrClN2O5. The van der Waals surface area contributed by atoms with Gasteiger partial charge in [-0.2, -0.15) is 0 Å². The third-order valence-electron chi connectivity index (χ3n) is 3.63. The van der Waals surface area contributed by atoms with Gasteiger partial charge in [0.15, 0.2) is 11.5 Å². The van der Waals surface area contributed by atoms with E-state index in [1.807, 2.05) is 0 Å². The second-order valence-electron chi connectivity index (χ2n) is 5.22.